The van der Waals surface area contributed by atoms with E-state index in [1.807, 2.05) is 9.80 Å². The standard InChI is InChI=1S/C27H31F6N5O2/c1-18(39)23-22(27(31,32)33)16-38(34-23)24(40)37-12-7-25(8-13-37)6-11-35(17-25)15-19-4-5-20(36-9-2-3-10-36)14-21(19)26(28,29)30/h4-5,14,16H,2-3,6-13,15,17H2,1H3. The second-order valence-electron chi connectivity index (χ2n) is 11.2. The molecule has 1 aromatic heterocycles. The van der Waals surface area contributed by atoms with E-state index in [1.165, 1.54) is 11.0 Å². The Morgan fingerprint density at radius 3 is 2.10 bits per heavy atom. The van der Waals surface area contributed by atoms with Gasteiger partial charge >= 0.3 is 18.4 Å². The number of halogens is 6. The lowest BCUT2D eigenvalue weighted by Gasteiger charge is -2.39. The van der Waals surface area contributed by atoms with Crippen molar-refractivity contribution in [2.45, 2.75) is 57.9 Å². The number of carbonyl (C=O) groups is 2. The maximum absolute atomic E-state index is 14.0. The monoisotopic (exact) mass is 571 g/mol. The van der Waals surface area contributed by atoms with E-state index in [4.69, 9.17) is 0 Å². The fourth-order valence-electron chi connectivity index (χ4n) is 6.21. The summed E-state index contributed by atoms with van der Waals surface area (Å²) >= 11 is 0. The minimum Gasteiger partial charge on any atom is -0.372 e. The fourth-order valence-corrected chi connectivity index (χ4v) is 6.21. The van der Waals surface area contributed by atoms with Crippen LogP contribution in [0.3, 0.4) is 0 Å². The zero-order valence-corrected chi connectivity index (χ0v) is 22.1. The van der Waals surface area contributed by atoms with Gasteiger partial charge in [0.15, 0.2) is 5.78 Å². The summed E-state index contributed by atoms with van der Waals surface area (Å²) in [6.07, 6.45) is -4.89. The number of amides is 1. The third kappa shape index (κ3) is 5.70. The molecule has 1 amide bonds. The van der Waals surface area contributed by atoms with Gasteiger partial charge in [0.2, 0.25) is 0 Å². The molecule has 3 fully saturated rings. The molecule has 0 radical (unpaired) electrons. The van der Waals surface area contributed by atoms with Crippen molar-refractivity contribution in [1.29, 1.82) is 0 Å². The van der Waals surface area contributed by atoms with Crippen LogP contribution < -0.4 is 4.90 Å². The van der Waals surface area contributed by atoms with Gasteiger partial charge in [-0.25, -0.2) is 4.79 Å². The van der Waals surface area contributed by atoms with Crippen LogP contribution in [0.25, 0.3) is 0 Å². The molecule has 3 aliphatic rings. The van der Waals surface area contributed by atoms with E-state index in [9.17, 15) is 35.9 Å². The molecule has 0 N–H and O–H groups in total. The topological polar surface area (TPSA) is 61.7 Å². The number of anilines is 1. The molecule has 3 saturated heterocycles. The average molecular weight is 572 g/mol. The van der Waals surface area contributed by atoms with Crippen molar-refractivity contribution >= 4 is 17.5 Å². The molecule has 1 spiro atoms. The summed E-state index contributed by atoms with van der Waals surface area (Å²) in [5.41, 5.74) is -2.01. The molecule has 0 atom stereocenters. The summed E-state index contributed by atoms with van der Waals surface area (Å²) < 4.78 is 82.4. The lowest BCUT2D eigenvalue weighted by molar-refractivity contribution is -0.139. The molecule has 0 aliphatic carbocycles. The number of ketones is 1. The number of carbonyl (C=O) groups excluding carboxylic acids is 2. The SMILES string of the molecule is CC(=O)c1nn(C(=O)N2CCC3(CCN(Cc4ccc(N5CCCC5)cc4C(F)(F)F)C3)CC2)cc1C(F)(F)F. The van der Waals surface area contributed by atoms with Gasteiger partial charge in [0.25, 0.3) is 0 Å². The van der Waals surface area contributed by atoms with Crippen molar-refractivity contribution in [2.24, 2.45) is 5.41 Å². The molecular formula is C27H31F6N5O2. The molecule has 2 aromatic rings. The lowest BCUT2D eigenvalue weighted by atomic mass is 9.78. The molecular weight excluding hydrogens is 540 g/mol. The van der Waals surface area contributed by atoms with Crippen LogP contribution in [0.4, 0.5) is 36.8 Å². The van der Waals surface area contributed by atoms with Gasteiger partial charge < -0.3 is 9.80 Å². The number of hydrogen-bond donors (Lipinski definition) is 0. The van der Waals surface area contributed by atoms with Crippen molar-refractivity contribution in [1.82, 2.24) is 19.6 Å². The Morgan fingerprint density at radius 2 is 1.52 bits per heavy atom. The van der Waals surface area contributed by atoms with Gasteiger partial charge in [0, 0.05) is 58.1 Å². The highest BCUT2D eigenvalue weighted by Crippen LogP contribution is 2.42. The first-order valence-electron chi connectivity index (χ1n) is 13.4. The van der Waals surface area contributed by atoms with Crippen LogP contribution in [-0.2, 0) is 18.9 Å². The highest BCUT2D eigenvalue weighted by molar-refractivity contribution is 5.94. The van der Waals surface area contributed by atoms with Crippen molar-refractivity contribution in [3.05, 3.63) is 46.8 Å². The predicted molar refractivity (Wildman–Crippen MR) is 134 cm³/mol. The summed E-state index contributed by atoms with van der Waals surface area (Å²) in [5.74, 6) is -0.887. The van der Waals surface area contributed by atoms with Crippen LogP contribution in [0.2, 0.25) is 0 Å². The number of aromatic nitrogens is 2. The molecule has 0 unspecified atom stereocenters. The maximum atomic E-state index is 14.0. The van der Waals surface area contributed by atoms with Gasteiger partial charge in [0.05, 0.1) is 5.56 Å². The van der Waals surface area contributed by atoms with Gasteiger partial charge in [-0.05, 0) is 61.8 Å². The number of alkyl halides is 6. The molecule has 0 bridgehead atoms. The number of nitrogens with zero attached hydrogens (tertiary/aromatic N) is 5. The Kier molecular flexibility index (Phi) is 7.38. The number of hydrogen-bond acceptors (Lipinski definition) is 5. The van der Waals surface area contributed by atoms with Crippen LogP contribution >= 0.6 is 0 Å². The molecule has 40 heavy (non-hydrogen) atoms. The number of Topliss-reactive ketones (excluding diaryl/α,β-unsaturated/α-hetero) is 1. The van der Waals surface area contributed by atoms with E-state index in [0.29, 0.717) is 42.5 Å². The lowest BCUT2D eigenvalue weighted by Crippen LogP contribution is -2.45. The first-order valence-corrected chi connectivity index (χ1v) is 13.4. The molecule has 13 heteroatoms. The summed E-state index contributed by atoms with van der Waals surface area (Å²) in [6, 6.07) is 3.86. The summed E-state index contributed by atoms with van der Waals surface area (Å²) in [7, 11) is 0. The molecule has 5 rings (SSSR count). The first kappa shape index (κ1) is 28.4. The molecule has 218 valence electrons. The van der Waals surface area contributed by atoms with Crippen LogP contribution in [0.1, 0.15) is 66.2 Å². The predicted octanol–water partition coefficient (Wildman–Crippen LogP) is 5.68. The van der Waals surface area contributed by atoms with E-state index >= 15 is 0 Å². The fraction of sp³-hybridized carbons (Fsp3) is 0.593. The number of likely N-dealkylation sites (tertiary alicyclic amines) is 2. The zero-order chi connectivity index (χ0) is 28.9. The van der Waals surface area contributed by atoms with Crippen molar-refractivity contribution in [2.75, 3.05) is 44.2 Å². The van der Waals surface area contributed by atoms with Gasteiger partial charge in [-0.1, -0.05) is 6.07 Å². The van der Waals surface area contributed by atoms with Crippen molar-refractivity contribution in [3.8, 4) is 0 Å². The van der Waals surface area contributed by atoms with E-state index < -0.39 is 41.0 Å². The van der Waals surface area contributed by atoms with Crippen molar-refractivity contribution < 1.29 is 35.9 Å². The highest BCUT2D eigenvalue weighted by atomic mass is 19.4. The quantitative estimate of drug-likeness (QED) is 0.349. The van der Waals surface area contributed by atoms with Crippen LogP contribution in [0, 0.1) is 5.41 Å². The van der Waals surface area contributed by atoms with E-state index in [1.54, 1.807) is 12.1 Å². The second kappa shape index (κ2) is 10.4. The minimum absolute atomic E-state index is 0.168. The molecule has 1 aromatic carbocycles. The van der Waals surface area contributed by atoms with E-state index in [0.717, 1.165) is 39.3 Å². The Bertz CT molecular complexity index is 1270. The van der Waals surface area contributed by atoms with E-state index in [-0.39, 0.29) is 30.6 Å². The zero-order valence-electron chi connectivity index (χ0n) is 22.1. The van der Waals surface area contributed by atoms with Gasteiger partial charge in [-0.2, -0.15) is 36.1 Å². The molecule has 0 saturated carbocycles. The van der Waals surface area contributed by atoms with Crippen LogP contribution in [0.15, 0.2) is 24.4 Å². The number of benzene rings is 1. The smallest absolute Gasteiger partial charge is 0.372 e. The Labute approximate surface area is 227 Å². The van der Waals surface area contributed by atoms with Crippen LogP contribution in [-0.4, -0.2) is 70.7 Å². The Balaban J connectivity index is 1.23. The van der Waals surface area contributed by atoms with E-state index in [2.05, 4.69) is 5.10 Å². The minimum atomic E-state index is -4.82. The van der Waals surface area contributed by atoms with Gasteiger partial charge in [-0.3, -0.25) is 9.69 Å². The average Bonchev–Trinajstić information content (AvgIpc) is 3.64. The summed E-state index contributed by atoms with van der Waals surface area (Å²) in [4.78, 5) is 29.9. The third-order valence-electron chi connectivity index (χ3n) is 8.43. The summed E-state index contributed by atoms with van der Waals surface area (Å²) in [6.45, 7) is 4.40. The second-order valence-corrected chi connectivity index (χ2v) is 11.2. The number of rotatable bonds is 4. The highest BCUT2D eigenvalue weighted by Gasteiger charge is 2.43. The largest absolute Gasteiger partial charge is 0.420 e. The molecule has 3 aliphatic heterocycles. The third-order valence-corrected chi connectivity index (χ3v) is 8.43. The number of piperidine rings is 1. The van der Waals surface area contributed by atoms with Gasteiger partial charge in [0.1, 0.15) is 11.3 Å². The summed E-state index contributed by atoms with van der Waals surface area (Å²) in [5, 5.41) is 3.61. The maximum Gasteiger partial charge on any atom is 0.420 e. The normalized spacial score (nSPS) is 20.1. The first-order chi connectivity index (χ1) is 18.8. The Hall–Kier alpha value is -3.09. The molecule has 7 nitrogen and oxygen atoms in total. The van der Waals surface area contributed by atoms with Crippen molar-refractivity contribution in [3.63, 3.8) is 0 Å². The Morgan fingerprint density at radius 1 is 0.900 bits per heavy atom. The van der Waals surface area contributed by atoms with Crippen LogP contribution in [0.5, 0.6) is 0 Å². The van der Waals surface area contributed by atoms with Gasteiger partial charge in [-0.15, -0.1) is 0 Å². The molecule has 4 heterocycles.